The van der Waals surface area contributed by atoms with Crippen molar-refractivity contribution in [2.75, 3.05) is 12.0 Å². The molecule has 0 bridgehead atoms. The second-order valence-corrected chi connectivity index (χ2v) is 4.72. The largest absolute Gasteiger partial charge is 0.480 e. The summed E-state index contributed by atoms with van der Waals surface area (Å²) in [4.78, 5) is 26.2. The van der Waals surface area contributed by atoms with Crippen LogP contribution in [-0.4, -0.2) is 40.0 Å². The summed E-state index contributed by atoms with van der Waals surface area (Å²) < 4.78 is 0. The van der Waals surface area contributed by atoms with Gasteiger partial charge in [0.2, 0.25) is 0 Å². The van der Waals surface area contributed by atoms with Crippen LogP contribution in [0, 0.1) is 0 Å². The number of carbonyl (C=O) groups excluding carboxylic acids is 1. The predicted octanol–water partition coefficient (Wildman–Crippen LogP) is 1.08. The number of nitrogens with one attached hydrogen (secondary N) is 1. The maximum atomic E-state index is 11.5. The third-order valence-electron chi connectivity index (χ3n) is 1.88. The smallest absolute Gasteiger partial charge is 0.326 e. The molecule has 1 rings (SSSR count). The topological polar surface area (TPSA) is 79.3 Å². The van der Waals surface area contributed by atoms with E-state index in [2.05, 4.69) is 10.3 Å². The molecule has 7 heteroatoms. The van der Waals surface area contributed by atoms with Crippen LogP contribution in [0.15, 0.2) is 10.9 Å². The van der Waals surface area contributed by atoms with Gasteiger partial charge < -0.3 is 10.4 Å². The average molecular weight is 260 g/mol. The minimum atomic E-state index is -1.02. The number of hydrogen-bond acceptors (Lipinski definition) is 5. The summed E-state index contributed by atoms with van der Waals surface area (Å²) in [6.45, 7) is 0. The molecule has 0 spiro atoms. The molecule has 16 heavy (non-hydrogen) atoms. The highest BCUT2D eigenvalue weighted by atomic mass is 32.2. The van der Waals surface area contributed by atoms with Crippen LogP contribution in [0.4, 0.5) is 0 Å². The number of aliphatic carboxylic acids is 1. The van der Waals surface area contributed by atoms with E-state index >= 15 is 0 Å². The fraction of sp³-hybridized carbons (Fsp3) is 0.444. The summed E-state index contributed by atoms with van der Waals surface area (Å²) >= 11 is 2.84. The van der Waals surface area contributed by atoms with Crippen molar-refractivity contribution in [2.24, 2.45) is 0 Å². The maximum absolute atomic E-state index is 11.5. The number of carbonyl (C=O) groups is 2. The Morgan fingerprint density at radius 3 is 2.94 bits per heavy atom. The molecule has 1 amide bonds. The van der Waals surface area contributed by atoms with Gasteiger partial charge in [0.05, 0.1) is 5.51 Å². The van der Waals surface area contributed by atoms with E-state index < -0.39 is 17.9 Å². The number of hydrogen-bond donors (Lipinski definition) is 2. The van der Waals surface area contributed by atoms with Crippen molar-refractivity contribution >= 4 is 35.0 Å². The molecule has 0 fully saturated rings. The average Bonchev–Trinajstić information content (AvgIpc) is 2.76. The van der Waals surface area contributed by atoms with Crippen molar-refractivity contribution in [3.05, 3.63) is 16.6 Å². The van der Waals surface area contributed by atoms with Gasteiger partial charge in [-0.15, -0.1) is 11.3 Å². The van der Waals surface area contributed by atoms with Gasteiger partial charge in [0.1, 0.15) is 11.7 Å². The molecule has 0 aliphatic carbocycles. The Labute approximate surface area is 101 Å². The van der Waals surface area contributed by atoms with E-state index in [9.17, 15) is 9.59 Å². The second-order valence-electron chi connectivity index (χ2n) is 3.02. The summed E-state index contributed by atoms with van der Waals surface area (Å²) in [5, 5.41) is 12.9. The van der Waals surface area contributed by atoms with Crippen molar-refractivity contribution < 1.29 is 14.7 Å². The van der Waals surface area contributed by atoms with E-state index in [0.29, 0.717) is 12.2 Å². The molecule has 0 aromatic carbocycles. The van der Waals surface area contributed by atoms with Crippen LogP contribution in [0.25, 0.3) is 0 Å². The molecule has 88 valence electrons. The van der Waals surface area contributed by atoms with Crippen LogP contribution < -0.4 is 5.32 Å². The molecule has 5 nitrogen and oxygen atoms in total. The summed E-state index contributed by atoms with van der Waals surface area (Å²) in [6.07, 6.45) is 2.30. The molecule has 0 saturated carbocycles. The van der Waals surface area contributed by atoms with Crippen molar-refractivity contribution in [1.29, 1.82) is 0 Å². The lowest BCUT2D eigenvalue weighted by molar-refractivity contribution is -0.139. The number of thiazole rings is 1. The molecule has 1 atom stereocenters. The molecule has 1 aromatic heterocycles. The van der Waals surface area contributed by atoms with Crippen molar-refractivity contribution in [3.63, 3.8) is 0 Å². The molecular formula is C9H12N2O3S2. The molecule has 0 aliphatic rings. The summed E-state index contributed by atoms with van der Waals surface area (Å²) in [5.74, 6) is -0.763. The first-order chi connectivity index (χ1) is 7.65. The van der Waals surface area contributed by atoms with Crippen LogP contribution in [0.5, 0.6) is 0 Å². The number of aromatic nitrogens is 1. The van der Waals surface area contributed by atoms with Gasteiger partial charge in [-0.25, -0.2) is 9.78 Å². The first-order valence-corrected chi connectivity index (χ1v) is 6.89. The van der Waals surface area contributed by atoms with Gasteiger partial charge in [0, 0.05) is 5.38 Å². The Balaban J connectivity index is 2.54. The number of thioether (sulfide) groups is 1. The van der Waals surface area contributed by atoms with Gasteiger partial charge >= 0.3 is 5.97 Å². The zero-order valence-corrected chi connectivity index (χ0v) is 10.3. The lowest BCUT2D eigenvalue weighted by Gasteiger charge is -2.12. The molecule has 1 aromatic rings. The summed E-state index contributed by atoms with van der Waals surface area (Å²) in [6, 6.07) is -0.846. The third kappa shape index (κ3) is 3.82. The fourth-order valence-electron chi connectivity index (χ4n) is 1.05. The van der Waals surface area contributed by atoms with Crippen LogP contribution in [-0.2, 0) is 4.79 Å². The summed E-state index contributed by atoms with van der Waals surface area (Å²) in [7, 11) is 0. The molecule has 0 aliphatic heterocycles. The first-order valence-electron chi connectivity index (χ1n) is 4.56. The lowest BCUT2D eigenvalue weighted by Crippen LogP contribution is -2.41. The number of rotatable bonds is 6. The lowest BCUT2D eigenvalue weighted by atomic mass is 10.2. The fourth-order valence-corrected chi connectivity index (χ4v) is 2.05. The zero-order chi connectivity index (χ0) is 12.0. The molecule has 1 heterocycles. The minimum Gasteiger partial charge on any atom is -0.480 e. The highest BCUT2D eigenvalue weighted by molar-refractivity contribution is 7.98. The van der Waals surface area contributed by atoms with Crippen LogP contribution in [0.2, 0.25) is 0 Å². The van der Waals surface area contributed by atoms with Crippen molar-refractivity contribution in [1.82, 2.24) is 10.3 Å². The quantitative estimate of drug-likeness (QED) is 0.800. The van der Waals surface area contributed by atoms with Crippen LogP contribution in [0.1, 0.15) is 16.9 Å². The first kappa shape index (κ1) is 13.0. The molecule has 0 radical (unpaired) electrons. The van der Waals surface area contributed by atoms with Crippen LogP contribution in [0.3, 0.4) is 0 Å². The number of carboxylic acid groups (broad SMARTS) is 1. The van der Waals surface area contributed by atoms with E-state index in [-0.39, 0.29) is 5.69 Å². The van der Waals surface area contributed by atoms with Crippen molar-refractivity contribution in [2.45, 2.75) is 12.5 Å². The van der Waals surface area contributed by atoms with Gasteiger partial charge in [-0.05, 0) is 18.4 Å². The van der Waals surface area contributed by atoms with Crippen molar-refractivity contribution in [3.8, 4) is 0 Å². The standard InChI is InChI=1S/C9H12N2O3S2/c1-15-3-2-6(9(13)14)11-8(12)7-4-16-5-10-7/h4-6H,2-3H2,1H3,(H,11,12)(H,13,14)/t6-/m1/s1. The summed E-state index contributed by atoms with van der Waals surface area (Å²) in [5.41, 5.74) is 1.80. The monoisotopic (exact) mass is 260 g/mol. The second kappa shape index (κ2) is 6.49. The van der Waals surface area contributed by atoms with Crippen LogP contribution >= 0.6 is 23.1 Å². The van der Waals surface area contributed by atoms with E-state index in [1.165, 1.54) is 16.8 Å². The highest BCUT2D eigenvalue weighted by Crippen LogP contribution is 2.04. The number of amides is 1. The third-order valence-corrected chi connectivity index (χ3v) is 3.11. The molecular weight excluding hydrogens is 248 g/mol. The number of carboxylic acids is 1. The highest BCUT2D eigenvalue weighted by Gasteiger charge is 2.20. The van der Waals surface area contributed by atoms with E-state index in [0.717, 1.165) is 0 Å². The van der Waals surface area contributed by atoms with Gasteiger partial charge in [-0.1, -0.05) is 0 Å². The zero-order valence-electron chi connectivity index (χ0n) is 8.67. The maximum Gasteiger partial charge on any atom is 0.326 e. The molecule has 0 unspecified atom stereocenters. The van der Waals surface area contributed by atoms with Gasteiger partial charge in [-0.3, -0.25) is 4.79 Å². The SMILES string of the molecule is CSCC[C@@H](NC(=O)c1cscn1)C(=O)O. The minimum absolute atomic E-state index is 0.264. The Kier molecular flexibility index (Phi) is 5.27. The Morgan fingerprint density at radius 1 is 1.69 bits per heavy atom. The predicted molar refractivity (Wildman–Crippen MR) is 64.0 cm³/mol. The Hall–Kier alpha value is -1.08. The van der Waals surface area contributed by atoms with Gasteiger partial charge in [0.25, 0.3) is 5.91 Å². The van der Waals surface area contributed by atoms with E-state index in [1.807, 2.05) is 6.26 Å². The molecule has 2 N–H and O–H groups in total. The van der Waals surface area contributed by atoms with E-state index in [1.54, 1.807) is 17.1 Å². The molecule has 0 saturated heterocycles. The Bertz CT molecular complexity index is 354. The van der Waals surface area contributed by atoms with Gasteiger partial charge in [0.15, 0.2) is 0 Å². The van der Waals surface area contributed by atoms with Gasteiger partial charge in [-0.2, -0.15) is 11.8 Å². The number of nitrogens with zero attached hydrogens (tertiary/aromatic N) is 1. The Morgan fingerprint density at radius 2 is 2.44 bits per heavy atom. The normalized spacial score (nSPS) is 12.1. The van der Waals surface area contributed by atoms with E-state index in [4.69, 9.17) is 5.11 Å².